The number of nitrogens with zero attached hydrogens (tertiary/aromatic N) is 3. The van der Waals surface area contributed by atoms with Gasteiger partial charge in [-0.15, -0.1) is 5.10 Å². The van der Waals surface area contributed by atoms with Crippen LogP contribution in [0.3, 0.4) is 0 Å². The molecule has 0 bridgehead atoms. The van der Waals surface area contributed by atoms with Crippen LogP contribution in [0.15, 0.2) is 30.5 Å². The van der Waals surface area contributed by atoms with Gasteiger partial charge in [-0.25, -0.2) is 0 Å². The van der Waals surface area contributed by atoms with E-state index in [1.807, 2.05) is 30.5 Å². The minimum atomic E-state index is 0.166. The molecule has 0 aliphatic carbocycles. The highest BCUT2D eigenvalue weighted by molar-refractivity contribution is 6.30. The Balaban J connectivity index is 1.86. The third-order valence-electron chi connectivity index (χ3n) is 3.07. The van der Waals surface area contributed by atoms with Crippen molar-refractivity contribution in [3.8, 4) is 0 Å². The SMILES string of the molecule is C[C@H](NCc1cn(CCCO)nn1)c1cccc(Cl)c1. The van der Waals surface area contributed by atoms with Crippen molar-refractivity contribution >= 4 is 11.6 Å². The lowest BCUT2D eigenvalue weighted by Crippen LogP contribution is -2.18. The van der Waals surface area contributed by atoms with Crippen molar-refractivity contribution in [1.29, 1.82) is 0 Å². The predicted octanol–water partition coefficient (Wildman–Crippen LogP) is 2.16. The molecule has 0 amide bonds. The molecule has 5 nitrogen and oxygen atoms in total. The molecule has 0 aliphatic heterocycles. The molecule has 1 aromatic carbocycles. The minimum Gasteiger partial charge on any atom is -0.396 e. The van der Waals surface area contributed by atoms with Gasteiger partial charge in [0.1, 0.15) is 0 Å². The molecular weight excluding hydrogens is 276 g/mol. The summed E-state index contributed by atoms with van der Waals surface area (Å²) < 4.78 is 1.75. The molecule has 0 saturated heterocycles. The van der Waals surface area contributed by atoms with Crippen LogP contribution in [0.25, 0.3) is 0 Å². The van der Waals surface area contributed by atoms with Crippen LogP contribution in [-0.2, 0) is 13.1 Å². The molecule has 0 aliphatic rings. The van der Waals surface area contributed by atoms with Crippen molar-refractivity contribution < 1.29 is 5.11 Å². The Hall–Kier alpha value is -1.43. The lowest BCUT2D eigenvalue weighted by molar-refractivity contribution is 0.276. The van der Waals surface area contributed by atoms with Gasteiger partial charge in [0, 0.05) is 37.0 Å². The van der Waals surface area contributed by atoms with E-state index in [2.05, 4.69) is 22.6 Å². The lowest BCUT2D eigenvalue weighted by atomic mass is 10.1. The molecule has 0 saturated carbocycles. The van der Waals surface area contributed by atoms with Crippen molar-refractivity contribution in [2.75, 3.05) is 6.61 Å². The van der Waals surface area contributed by atoms with E-state index in [1.54, 1.807) is 4.68 Å². The van der Waals surface area contributed by atoms with Gasteiger partial charge >= 0.3 is 0 Å². The number of benzene rings is 1. The summed E-state index contributed by atoms with van der Waals surface area (Å²) in [6, 6.07) is 8.00. The largest absolute Gasteiger partial charge is 0.396 e. The topological polar surface area (TPSA) is 63.0 Å². The lowest BCUT2D eigenvalue weighted by Gasteiger charge is -2.13. The Morgan fingerprint density at radius 1 is 1.45 bits per heavy atom. The van der Waals surface area contributed by atoms with E-state index in [0.717, 1.165) is 16.3 Å². The number of halogens is 1. The first kappa shape index (κ1) is 15.0. The molecule has 0 radical (unpaired) electrons. The molecule has 0 fully saturated rings. The average molecular weight is 295 g/mol. The predicted molar refractivity (Wildman–Crippen MR) is 78.4 cm³/mol. The molecule has 2 N–H and O–H groups in total. The number of aliphatic hydroxyl groups is 1. The molecule has 1 atom stereocenters. The quantitative estimate of drug-likeness (QED) is 0.821. The van der Waals surface area contributed by atoms with Crippen molar-refractivity contribution in [3.63, 3.8) is 0 Å². The number of hydrogen-bond acceptors (Lipinski definition) is 4. The fourth-order valence-corrected chi connectivity index (χ4v) is 2.11. The summed E-state index contributed by atoms with van der Waals surface area (Å²) in [5.41, 5.74) is 2.03. The molecule has 0 unspecified atom stereocenters. The van der Waals surface area contributed by atoms with Gasteiger partial charge in [0.05, 0.1) is 5.69 Å². The average Bonchev–Trinajstić information content (AvgIpc) is 2.90. The van der Waals surface area contributed by atoms with Gasteiger partial charge in [-0.1, -0.05) is 28.9 Å². The molecule has 1 aromatic heterocycles. The fourth-order valence-electron chi connectivity index (χ4n) is 1.91. The second kappa shape index (κ2) is 7.38. The van der Waals surface area contributed by atoms with Crippen LogP contribution in [0.1, 0.15) is 30.6 Å². The molecule has 0 spiro atoms. The maximum atomic E-state index is 8.77. The van der Waals surface area contributed by atoms with Crippen LogP contribution >= 0.6 is 11.6 Å². The van der Waals surface area contributed by atoms with Crippen LogP contribution in [-0.4, -0.2) is 26.7 Å². The Labute approximate surface area is 123 Å². The first-order valence-electron chi connectivity index (χ1n) is 6.68. The van der Waals surface area contributed by atoms with E-state index in [-0.39, 0.29) is 12.6 Å². The van der Waals surface area contributed by atoms with Gasteiger partial charge in [-0.2, -0.15) is 0 Å². The summed E-state index contributed by atoms with van der Waals surface area (Å²) >= 11 is 5.98. The summed E-state index contributed by atoms with van der Waals surface area (Å²) in [4.78, 5) is 0. The van der Waals surface area contributed by atoms with Crippen LogP contribution in [0.4, 0.5) is 0 Å². The van der Waals surface area contributed by atoms with Crippen molar-refractivity contribution in [3.05, 3.63) is 46.7 Å². The number of aliphatic hydroxyl groups excluding tert-OH is 1. The van der Waals surface area contributed by atoms with E-state index in [1.165, 1.54) is 0 Å². The first-order valence-corrected chi connectivity index (χ1v) is 7.05. The maximum Gasteiger partial charge on any atom is 0.0965 e. The molecule has 2 rings (SSSR count). The van der Waals surface area contributed by atoms with Gasteiger partial charge in [-0.05, 0) is 31.0 Å². The van der Waals surface area contributed by atoms with E-state index < -0.39 is 0 Å². The van der Waals surface area contributed by atoms with Crippen molar-refractivity contribution in [1.82, 2.24) is 20.3 Å². The molecule has 108 valence electrons. The second-order valence-electron chi connectivity index (χ2n) is 4.71. The highest BCUT2D eigenvalue weighted by Crippen LogP contribution is 2.17. The summed E-state index contributed by atoms with van der Waals surface area (Å²) in [7, 11) is 0. The number of aryl methyl sites for hydroxylation is 1. The van der Waals surface area contributed by atoms with E-state index in [0.29, 0.717) is 19.5 Å². The van der Waals surface area contributed by atoms with E-state index >= 15 is 0 Å². The third-order valence-corrected chi connectivity index (χ3v) is 3.30. The summed E-state index contributed by atoms with van der Waals surface area (Å²) in [6.45, 7) is 3.58. The second-order valence-corrected chi connectivity index (χ2v) is 5.14. The van der Waals surface area contributed by atoms with Crippen molar-refractivity contribution in [2.45, 2.75) is 32.5 Å². The minimum absolute atomic E-state index is 0.166. The van der Waals surface area contributed by atoms with Crippen LogP contribution in [0, 0.1) is 0 Å². The number of hydrogen-bond donors (Lipinski definition) is 2. The van der Waals surface area contributed by atoms with Crippen LogP contribution in [0.2, 0.25) is 5.02 Å². The standard InChI is InChI=1S/C14H19ClN4O/c1-11(12-4-2-5-13(15)8-12)16-9-14-10-19(18-17-14)6-3-7-20/h2,4-5,8,10-11,16,20H,3,6-7,9H2,1H3/t11-/m0/s1. The normalized spacial score (nSPS) is 12.6. The summed E-state index contributed by atoms with van der Waals surface area (Å²) in [6.07, 6.45) is 2.59. The molecular formula is C14H19ClN4O. The van der Waals surface area contributed by atoms with Gasteiger partial charge in [0.15, 0.2) is 0 Å². The van der Waals surface area contributed by atoms with E-state index in [9.17, 15) is 0 Å². The zero-order valence-electron chi connectivity index (χ0n) is 11.5. The first-order chi connectivity index (χ1) is 9.69. The Kier molecular flexibility index (Phi) is 5.52. The Morgan fingerprint density at radius 2 is 2.30 bits per heavy atom. The van der Waals surface area contributed by atoms with Crippen molar-refractivity contribution in [2.24, 2.45) is 0 Å². The van der Waals surface area contributed by atoms with Gasteiger partial charge < -0.3 is 10.4 Å². The summed E-state index contributed by atoms with van der Waals surface area (Å²) in [5, 5.41) is 21.0. The molecule has 1 heterocycles. The Morgan fingerprint density at radius 3 is 3.05 bits per heavy atom. The smallest absolute Gasteiger partial charge is 0.0965 e. The zero-order chi connectivity index (χ0) is 14.4. The van der Waals surface area contributed by atoms with Gasteiger partial charge in [-0.3, -0.25) is 4.68 Å². The number of rotatable bonds is 7. The Bertz CT molecular complexity index is 543. The summed E-state index contributed by atoms with van der Waals surface area (Å²) in [5.74, 6) is 0. The molecule has 6 heteroatoms. The zero-order valence-corrected chi connectivity index (χ0v) is 12.2. The molecule has 2 aromatic rings. The van der Waals surface area contributed by atoms with E-state index in [4.69, 9.17) is 16.7 Å². The monoisotopic (exact) mass is 294 g/mol. The number of aromatic nitrogens is 3. The third kappa shape index (κ3) is 4.30. The fraction of sp³-hybridized carbons (Fsp3) is 0.429. The van der Waals surface area contributed by atoms with Crippen LogP contribution < -0.4 is 5.32 Å². The molecule has 20 heavy (non-hydrogen) atoms. The number of nitrogens with one attached hydrogen (secondary N) is 1. The highest BCUT2D eigenvalue weighted by Gasteiger charge is 2.07. The van der Waals surface area contributed by atoms with Gasteiger partial charge in [0.2, 0.25) is 0 Å². The maximum absolute atomic E-state index is 8.77. The van der Waals surface area contributed by atoms with Crippen LogP contribution in [0.5, 0.6) is 0 Å². The highest BCUT2D eigenvalue weighted by atomic mass is 35.5. The van der Waals surface area contributed by atoms with Gasteiger partial charge in [0.25, 0.3) is 0 Å².